The molecule has 0 saturated heterocycles. The lowest BCUT2D eigenvalue weighted by Crippen LogP contribution is -2.39. The van der Waals surface area contributed by atoms with E-state index in [4.69, 9.17) is 9.47 Å². The van der Waals surface area contributed by atoms with Gasteiger partial charge in [0.05, 0.1) is 25.3 Å². The van der Waals surface area contributed by atoms with Crippen molar-refractivity contribution in [3.8, 4) is 11.4 Å². The number of carbonyl (C=O) groups excluding carboxylic acids is 2. The van der Waals surface area contributed by atoms with E-state index in [1.54, 1.807) is 36.7 Å². The molecular weight excluding hydrogens is 284 g/mol. The van der Waals surface area contributed by atoms with Gasteiger partial charge in [-0.05, 0) is 0 Å². The molecule has 0 bridgehead atoms. The SMILES string of the molecule is COC(=O)c1cc[n+](C)c(-c2cc(C(=O)OC)cc[n+]2C)c1. The van der Waals surface area contributed by atoms with Crippen LogP contribution in [0.2, 0.25) is 0 Å². The first kappa shape index (κ1) is 15.6. The summed E-state index contributed by atoms with van der Waals surface area (Å²) in [7, 11) is 6.40. The normalized spacial score (nSPS) is 10.2. The number of aromatic nitrogens is 2. The molecule has 2 heterocycles. The highest BCUT2D eigenvalue weighted by Gasteiger charge is 2.24. The van der Waals surface area contributed by atoms with Crippen LogP contribution in [0.1, 0.15) is 20.7 Å². The van der Waals surface area contributed by atoms with Gasteiger partial charge in [0.15, 0.2) is 12.4 Å². The van der Waals surface area contributed by atoms with E-state index >= 15 is 0 Å². The molecule has 0 radical (unpaired) electrons. The highest BCUT2D eigenvalue weighted by molar-refractivity contribution is 5.91. The van der Waals surface area contributed by atoms with Gasteiger partial charge in [0.1, 0.15) is 14.1 Å². The molecular formula is C16H18N2O4+2. The number of carbonyl (C=O) groups is 2. The highest BCUT2D eigenvalue weighted by atomic mass is 16.5. The van der Waals surface area contributed by atoms with E-state index in [0.717, 1.165) is 11.4 Å². The quantitative estimate of drug-likeness (QED) is 0.614. The Kier molecular flexibility index (Phi) is 4.50. The molecule has 0 N–H and O–H groups in total. The Morgan fingerprint density at radius 2 is 1.18 bits per heavy atom. The summed E-state index contributed by atoms with van der Waals surface area (Å²) in [5.41, 5.74) is 2.44. The number of esters is 2. The Morgan fingerprint density at radius 3 is 1.50 bits per heavy atom. The van der Waals surface area contributed by atoms with E-state index in [2.05, 4.69) is 0 Å². The van der Waals surface area contributed by atoms with Crippen molar-refractivity contribution in [2.45, 2.75) is 0 Å². The molecule has 0 saturated carbocycles. The van der Waals surface area contributed by atoms with Crippen LogP contribution in [0.25, 0.3) is 11.4 Å². The van der Waals surface area contributed by atoms with Crippen molar-refractivity contribution < 1.29 is 28.2 Å². The molecule has 0 fully saturated rings. The fourth-order valence-corrected chi connectivity index (χ4v) is 2.14. The molecule has 114 valence electrons. The summed E-state index contributed by atoms with van der Waals surface area (Å²) in [6.45, 7) is 0. The highest BCUT2D eigenvalue weighted by Crippen LogP contribution is 2.15. The van der Waals surface area contributed by atoms with Crippen LogP contribution in [0.4, 0.5) is 0 Å². The molecule has 0 spiro atoms. The Bertz CT molecular complexity index is 677. The molecule has 0 amide bonds. The maximum atomic E-state index is 11.7. The number of ether oxygens (including phenoxy) is 2. The van der Waals surface area contributed by atoms with Crippen LogP contribution >= 0.6 is 0 Å². The first-order chi connectivity index (χ1) is 10.5. The van der Waals surface area contributed by atoms with Crippen molar-refractivity contribution >= 4 is 11.9 Å². The Balaban J connectivity index is 2.60. The zero-order valence-electron chi connectivity index (χ0n) is 13.0. The first-order valence-electron chi connectivity index (χ1n) is 6.64. The fourth-order valence-electron chi connectivity index (χ4n) is 2.14. The summed E-state index contributed by atoms with van der Waals surface area (Å²) >= 11 is 0. The van der Waals surface area contributed by atoms with Gasteiger partial charge in [-0.25, -0.2) is 9.59 Å². The molecule has 0 atom stereocenters. The van der Waals surface area contributed by atoms with Gasteiger partial charge in [-0.1, -0.05) is 0 Å². The lowest BCUT2D eigenvalue weighted by molar-refractivity contribution is -0.690. The van der Waals surface area contributed by atoms with Crippen molar-refractivity contribution in [3.63, 3.8) is 0 Å². The summed E-state index contributed by atoms with van der Waals surface area (Å²) in [4.78, 5) is 23.4. The van der Waals surface area contributed by atoms with Gasteiger partial charge in [0, 0.05) is 24.3 Å². The van der Waals surface area contributed by atoms with Crippen LogP contribution in [0.15, 0.2) is 36.7 Å². The zero-order valence-corrected chi connectivity index (χ0v) is 13.0. The Hall–Kier alpha value is -2.76. The monoisotopic (exact) mass is 302 g/mol. The number of methoxy groups -OCH3 is 2. The third kappa shape index (κ3) is 2.95. The number of hydrogen-bond donors (Lipinski definition) is 0. The average molecular weight is 302 g/mol. The predicted octanol–water partition coefficient (Wildman–Crippen LogP) is 0.576. The zero-order chi connectivity index (χ0) is 16.3. The van der Waals surface area contributed by atoms with Crippen molar-refractivity contribution in [2.24, 2.45) is 14.1 Å². The number of pyridine rings is 2. The second kappa shape index (κ2) is 6.34. The fraction of sp³-hybridized carbons (Fsp3) is 0.250. The number of rotatable bonds is 3. The summed E-state index contributed by atoms with van der Waals surface area (Å²) < 4.78 is 13.2. The van der Waals surface area contributed by atoms with Gasteiger partial charge in [0.25, 0.3) is 11.4 Å². The van der Waals surface area contributed by atoms with Gasteiger partial charge >= 0.3 is 11.9 Å². The molecule has 0 aliphatic carbocycles. The summed E-state index contributed by atoms with van der Waals surface area (Å²) in [6.07, 6.45) is 3.54. The lowest BCUT2D eigenvalue weighted by atomic mass is 10.1. The maximum Gasteiger partial charge on any atom is 0.338 e. The number of hydrogen-bond acceptors (Lipinski definition) is 4. The molecule has 0 aromatic carbocycles. The van der Waals surface area contributed by atoms with E-state index in [0.29, 0.717) is 11.1 Å². The first-order valence-corrected chi connectivity index (χ1v) is 6.64. The number of aryl methyl sites for hydroxylation is 2. The van der Waals surface area contributed by atoms with E-state index < -0.39 is 11.9 Å². The Labute approximate surface area is 128 Å². The molecule has 2 rings (SSSR count). The van der Waals surface area contributed by atoms with Crippen molar-refractivity contribution in [1.82, 2.24) is 0 Å². The van der Waals surface area contributed by atoms with Crippen LogP contribution in [-0.2, 0) is 23.6 Å². The summed E-state index contributed by atoms with van der Waals surface area (Å²) in [5, 5.41) is 0. The molecule has 22 heavy (non-hydrogen) atoms. The maximum absolute atomic E-state index is 11.7. The van der Waals surface area contributed by atoms with E-state index in [1.807, 2.05) is 23.2 Å². The molecule has 6 heteroatoms. The van der Waals surface area contributed by atoms with Crippen LogP contribution in [-0.4, -0.2) is 26.2 Å². The van der Waals surface area contributed by atoms with Crippen molar-refractivity contribution in [1.29, 1.82) is 0 Å². The third-order valence-electron chi connectivity index (χ3n) is 3.40. The lowest BCUT2D eigenvalue weighted by Gasteiger charge is -2.04. The molecule has 2 aromatic rings. The van der Waals surface area contributed by atoms with Crippen LogP contribution in [0.5, 0.6) is 0 Å². The second-order valence-corrected chi connectivity index (χ2v) is 4.81. The topological polar surface area (TPSA) is 60.4 Å². The van der Waals surface area contributed by atoms with Crippen LogP contribution < -0.4 is 9.13 Å². The van der Waals surface area contributed by atoms with Gasteiger partial charge in [0.2, 0.25) is 0 Å². The second-order valence-electron chi connectivity index (χ2n) is 4.81. The largest absolute Gasteiger partial charge is 0.465 e. The summed E-state index contributed by atoms with van der Waals surface area (Å²) in [6, 6.07) is 6.81. The number of nitrogens with zero attached hydrogens (tertiary/aromatic N) is 2. The predicted molar refractivity (Wildman–Crippen MR) is 76.9 cm³/mol. The van der Waals surface area contributed by atoms with Gasteiger partial charge in [-0.3, -0.25) is 0 Å². The van der Waals surface area contributed by atoms with E-state index in [9.17, 15) is 9.59 Å². The van der Waals surface area contributed by atoms with Crippen molar-refractivity contribution in [3.05, 3.63) is 47.8 Å². The van der Waals surface area contributed by atoms with Gasteiger partial charge in [-0.2, -0.15) is 9.13 Å². The van der Waals surface area contributed by atoms with Gasteiger partial charge < -0.3 is 9.47 Å². The molecule has 0 aliphatic rings. The standard InChI is InChI=1S/C16H18N2O4/c1-17-7-5-11(15(19)21-3)9-13(17)14-10-12(16(20)22-4)6-8-18(14)2/h5-10H,1-4H3/q+2. The molecule has 0 aliphatic heterocycles. The molecule has 6 nitrogen and oxygen atoms in total. The Morgan fingerprint density at radius 1 is 0.818 bits per heavy atom. The molecule has 0 unspecified atom stereocenters. The molecule has 2 aromatic heterocycles. The van der Waals surface area contributed by atoms with Crippen LogP contribution in [0, 0.1) is 0 Å². The van der Waals surface area contributed by atoms with Crippen molar-refractivity contribution in [2.75, 3.05) is 14.2 Å². The smallest absolute Gasteiger partial charge is 0.338 e. The summed E-state index contributed by atoms with van der Waals surface area (Å²) in [5.74, 6) is -0.817. The minimum atomic E-state index is -0.409. The van der Waals surface area contributed by atoms with E-state index in [1.165, 1.54) is 14.2 Å². The van der Waals surface area contributed by atoms with E-state index in [-0.39, 0.29) is 0 Å². The minimum Gasteiger partial charge on any atom is -0.465 e. The van der Waals surface area contributed by atoms with Gasteiger partial charge in [-0.15, -0.1) is 0 Å². The third-order valence-corrected chi connectivity index (χ3v) is 3.40. The van der Waals surface area contributed by atoms with Crippen LogP contribution in [0.3, 0.4) is 0 Å². The average Bonchev–Trinajstić information content (AvgIpc) is 2.54. The minimum absolute atomic E-state index is 0.409.